The molecule has 0 aliphatic rings. The van der Waals surface area contributed by atoms with E-state index in [1.165, 1.54) is 5.56 Å². The predicted octanol–water partition coefficient (Wildman–Crippen LogP) is 2.78. The highest BCUT2D eigenvalue weighted by molar-refractivity contribution is 5.13. The van der Waals surface area contributed by atoms with E-state index in [9.17, 15) is 0 Å². The van der Waals surface area contributed by atoms with Crippen molar-refractivity contribution in [2.75, 3.05) is 6.54 Å². The molecule has 0 aromatic carbocycles. The smallest absolute Gasteiger partial charge is 0.0293 e. The van der Waals surface area contributed by atoms with E-state index >= 15 is 0 Å². The molecule has 1 rings (SSSR count). The van der Waals surface area contributed by atoms with Gasteiger partial charge in [-0.1, -0.05) is 20.8 Å². The van der Waals surface area contributed by atoms with Crippen LogP contribution in [0.25, 0.3) is 0 Å². The summed E-state index contributed by atoms with van der Waals surface area (Å²) in [6.45, 7) is 9.91. The molecule has 0 saturated carbocycles. The molecular formula is C12H20N2. The van der Waals surface area contributed by atoms with E-state index in [2.05, 4.69) is 50.1 Å². The summed E-state index contributed by atoms with van der Waals surface area (Å²) in [6, 6.07) is 4.51. The Morgan fingerprint density at radius 3 is 2.36 bits per heavy atom. The Morgan fingerprint density at radius 1 is 1.29 bits per heavy atom. The fourth-order valence-electron chi connectivity index (χ4n) is 1.23. The molecule has 0 fully saturated rings. The van der Waals surface area contributed by atoms with Crippen molar-refractivity contribution in [1.29, 1.82) is 0 Å². The molecule has 0 radical (unpaired) electrons. The van der Waals surface area contributed by atoms with E-state index in [-0.39, 0.29) is 0 Å². The Hall–Kier alpha value is -0.890. The van der Waals surface area contributed by atoms with Crippen LogP contribution in [-0.2, 0) is 0 Å². The quantitative estimate of drug-likeness (QED) is 0.796. The van der Waals surface area contributed by atoms with Gasteiger partial charge in [0.1, 0.15) is 0 Å². The van der Waals surface area contributed by atoms with E-state index in [0.717, 1.165) is 6.54 Å². The number of rotatable bonds is 3. The van der Waals surface area contributed by atoms with Crippen molar-refractivity contribution in [3.05, 3.63) is 30.1 Å². The lowest BCUT2D eigenvalue weighted by Gasteiger charge is -2.22. The standard InChI is InChI=1S/C12H20N2/c1-10(14-9-12(2,3)4)11-5-7-13-8-6-11/h5-8,10,14H,9H2,1-4H3. The Bertz CT molecular complexity index is 261. The van der Waals surface area contributed by atoms with Gasteiger partial charge in [-0.05, 0) is 30.0 Å². The van der Waals surface area contributed by atoms with E-state index in [4.69, 9.17) is 0 Å². The summed E-state index contributed by atoms with van der Waals surface area (Å²) >= 11 is 0. The Balaban J connectivity index is 2.48. The first-order valence-corrected chi connectivity index (χ1v) is 5.12. The average molecular weight is 192 g/mol. The highest BCUT2D eigenvalue weighted by atomic mass is 14.9. The fraction of sp³-hybridized carbons (Fsp3) is 0.583. The molecular weight excluding hydrogens is 172 g/mol. The molecule has 2 nitrogen and oxygen atoms in total. The second-order valence-electron chi connectivity index (χ2n) is 4.94. The van der Waals surface area contributed by atoms with Gasteiger partial charge in [-0.2, -0.15) is 0 Å². The molecule has 14 heavy (non-hydrogen) atoms. The molecule has 0 amide bonds. The highest BCUT2D eigenvalue weighted by Crippen LogP contribution is 2.15. The molecule has 0 aliphatic carbocycles. The lowest BCUT2D eigenvalue weighted by Crippen LogP contribution is -2.29. The number of pyridine rings is 1. The molecule has 1 aromatic heterocycles. The maximum absolute atomic E-state index is 4.01. The zero-order chi connectivity index (χ0) is 10.6. The van der Waals surface area contributed by atoms with Crippen LogP contribution in [0.3, 0.4) is 0 Å². The molecule has 1 atom stereocenters. The van der Waals surface area contributed by atoms with Gasteiger partial charge < -0.3 is 5.32 Å². The lowest BCUT2D eigenvalue weighted by molar-refractivity contribution is 0.359. The number of aromatic nitrogens is 1. The second kappa shape index (κ2) is 4.56. The molecule has 0 spiro atoms. The summed E-state index contributed by atoms with van der Waals surface area (Å²) in [7, 11) is 0. The maximum Gasteiger partial charge on any atom is 0.0293 e. The van der Waals surface area contributed by atoms with Crippen molar-refractivity contribution in [2.24, 2.45) is 5.41 Å². The summed E-state index contributed by atoms with van der Waals surface area (Å²) in [5.74, 6) is 0. The molecule has 78 valence electrons. The number of nitrogens with zero attached hydrogens (tertiary/aromatic N) is 1. The van der Waals surface area contributed by atoms with Crippen molar-refractivity contribution >= 4 is 0 Å². The first-order chi connectivity index (χ1) is 6.49. The maximum atomic E-state index is 4.01. The van der Waals surface area contributed by atoms with E-state index < -0.39 is 0 Å². The molecule has 1 N–H and O–H groups in total. The molecule has 0 bridgehead atoms. The van der Waals surface area contributed by atoms with E-state index in [1.807, 2.05) is 12.4 Å². The van der Waals surface area contributed by atoms with Gasteiger partial charge in [0.15, 0.2) is 0 Å². The molecule has 1 aromatic rings. The van der Waals surface area contributed by atoms with Gasteiger partial charge >= 0.3 is 0 Å². The molecule has 0 saturated heterocycles. The summed E-state index contributed by atoms with van der Waals surface area (Å²) in [5.41, 5.74) is 1.63. The van der Waals surface area contributed by atoms with Gasteiger partial charge in [0.25, 0.3) is 0 Å². The van der Waals surface area contributed by atoms with Crippen molar-refractivity contribution in [1.82, 2.24) is 10.3 Å². The Labute approximate surface area is 86.8 Å². The lowest BCUT2D eigenvalue weighted by atomic mass is 9.96. The fourth-order valence-corrected chi connectivity index (χ4v) is 1.23. The van der Waals surface area contributed by atoms with Crippen molar-refractivity contribution in [2.45, 2.75) is 33.7 Å². The minimum Gasteiger partial charge on any atom is -0.310 e. The van der Waals surface area contributed by atoms with Gasteiger partial charge in [0.2, 0.25) is 0 Å². The molecule has 0 aliphatic heterocycles. The number of hydrogen-bond acceptors (Lipinski definition) is 2. The SMILES string of the molecule is CC(NCC(C)(C)C)c1ccncc1. The van der Waals surface area contributed by atoms with E-state index in [0.29, 0.717) is 11.5 Å². The molecule has 1 heterocycles. The number of hydrogen-bond donors (Lipinski definition) is 1. The zero-order valence-electron chi connectivity index (χ0n) is 9.54. The van der Waals surface area contributed by atoms with Crippen LogP contribution in [0, 0.1) is 5.41 Å². The van der Waals surface area contributed by atoms with Crippen LogP contribution in [0.5, 0.6) is 0 Å². The summed E-state index contributed by atoms with van der Waals surface area (Å²) in [6.07, 6.45) is 3.68. The minimum absolute atomic E-state index is 0.335. The average Bonchev–Trinajstić information content (AvgIpc) is 2.14. The van der Waals surface area contributed by atoms with Crippen LogP contribution < -0.4 is 5.32 Å². The topological polar surface area (TPSA) is 24.9 Å². The van der Waals surface area contributed by atoms with Crippen molar-refractivity contribution in [3.8, 4) is 0 Å². The Morgan fingerprint density at radius 2 is 1.86 bits per heavy atom. The normalized spacial score (nSPS) is 14.0. The monoisotopic (exact) mass is 192 g/mol. The third kappa shape index (κ3) is 3.88. The van der Waals surface area contributed by atoms with Crippen LogP contribution in [0.2, 0.25) is 0 Å². The highest BCUT2D eigenvalue weighted by Gasteiger charge is 2.12. The van der Waals surface area contributed by atoms with Crippen LogP contribution in [0.1, 0.15) is 39.3 Å². The third-order valence-corrected chi connectivity index (χ3v) is 2.14. The van der Waals surface area contributed by atoms with Crippen LogP contribution in [0.4, 0.5) is 0 Å². The van der Waals surface area contributed by atoms with Crippen LogP contribution in [0.15, 0.2) is 24.5 Å². The van der Waals surface area contributed by atoms with Crippen LogP contribution >= 0.6 is 0 Å². The van der Waals surface area contributed by atoms with E-state index in [1.54, 1.807) is 0 Å². The first kappa shape index (κ1) is 11.2. The molecule has 1 unspecified atom stereocenters. The van der Waals surface area contributed by atoms with Gasteiger partial charge in [0, 0.05) is 25.0 Å². The predicted molar refractivity (Wildman–Crippen MR) is 60.1 cm³/mol. The van der Waals surface area contributed by atoms with Gasteiger partial charge in [-0.15, -0.1) is 0 Å². The van der Waals surface area contributed by atoms with Crippen molar-refractivity contribution in [3.63, 3.8) is 0 Å². The first-order valence-electron chi connectivity index (χ1n) is 5.12. The zero-order valence-corrected chi connectivity index (χ0v) is 9.54. The van der Waals surface area contributed by atoms with Crippen LogP contribution in [-0.4, -0.2) is 11.5 Å². The minimum atomic E-state index is 0.335. The van der Waals surface area contributed by atoms with Gasteiger partial charge in [-0.3, -0.25) is 4.98 Å². The summed E-state index contributed by atoms with van der Waals surface area (Å²) in [5, 5.41) is 3.51. The Kier molecular flexibility index (Phi) is 3.64. The molecule has 2 heteroatoms. The van der Waals surface area contributed by atoms with Gasteiger partial charge in [-0.25, -0.2) is 0 Å². The largest absolute Gasteiger partial charge is 0.310 e. The van der Waals surface area contributed by atoms with Crippen molar-refractivity contribution < 1.29 is 0 Å². The third-order valence-electron chi connectivity index (χ3n) is 2.14. The summed E-state index contributed by atoms with van der Waals surface area (Å²) < 4.78 is 0. The van der Waals surface area contributed by atoms with Gasteiger partial charge in [0.05, 0.1) is 0 Å². The second-order valence-corrected chi connectivity index (χ2v) is 4.94. The summed E-state index contributed by atoms with van der Waals surface area (Å²) in [4.78, 5) is 4.01. The number of nitrogens with one attached hydrogen (secondary N) is 1.